The van der Waals surface area contributed by atoms with Gasteiger partial charge in [-0.2, -0.15) is 0 Å². The molecule has 2 aliphatic heterocycles. The first kappa shape index (κ1) is 20.3. The van der Waals surface area contributed by atoms with Crippen molar-refractivity contribution in [1.29, 1.82) is 0 Å². The Labute approximate surface area is 185 Å². The molecular formula is C23H25N5O4. The molecule has 9 nitrogen and oxygen atoms in total. The second-order valence-corrected chi connectivity index (χ2v) is 8.33. The summed E-state index contributed by atoms with van der Waals surface area (Å²) in [6, 6.07) is 9.50. The number of fused-ring (bicyclic) bond motifs is 1. The van der Waals surface area contributed by atoms with E-state index in [-0.39, 0.29) is 6.09 Å². The van der Waals surface area contributed by atoms with Crippen molar-refractivity contribution < 1.29 is 19.0 Å². The minimum absolute atomic E-state index is 0.370. The highest BCUT2D eigenvalue weighted by Gasteiger charge is 2.53. The molecule has 0 unspecified atom stereocenters. The number of anilines is 3. The molecule has 2 aliphatic rings. The second-order valence-electron chi connectivity index (χ2n) is 8.33. The van der Waals surface area contributed by atoms with Crippen molar-refractivity contribution in [1.82, 2.24) is 14.9 Å². The fourth-order valence-electron chi connectivity index (χ4n) is 4.56. The van der Waals surface area contributed by atoms with E-state index >= 15 is 0 Å². The third-order valence-electron chi connectivity index (χ3n) is 6.07. The third kappa shape index (κ3) is 3.25. The van der Waals surface area contributed by atoms with Gasteiger partial charge in [0, 0.05) is 35.8 Å². The van der Waals surface area contributed by atoms with Gasteiger partial charge in [0.25, 0.3) is 0 Å². The Morgan fingerprint density at radius 2 is 1.88 bits per heavy atom. The molecule has 1 aromatic heterocycles. The van der Waals surface area contributed by atoms with Crippen LogP contribution in [0.25, 0.3) is 10.9 Å². The highest BCUT2D eigenvalue weighted by molar-refractivity contribution is 6.00. The number of rotatable bonds is 5. The van der Waals surface area contributed by atoms with Gasteiger partial charge in [0.1, 0.15) is 23.6 Å². The number of hydrogen-bond donors (Lipinski definition) is 1. The molecular weight excluding hydrogens is 410 g/mol. The highest BCUT2D eigenvalue weighted by Crippen LogP contribution is 2.41. The van der Waals surface area contributed by atoms with Crippen molar-refractivity contribution >= 4 is 34.2 Å². The van der Waals surface area contributed by atoms with Gasteiger partial charge < -0.3 is 19.5 Å². The predicted molar refractivity (Wildman–Crippen MR) is 121 cm³/mol. The zero-order chi connectivity index (χ0) is 22.5. The van der Waals surface area contributed by atoms with Crippen LogP contribution in [-0.2, 0) is 4.74 Å². The van der Waals surface area contributed by atoms with Gasteiger partial charge >= 0.3 is 6.09 Å². The number of aromatic nitrogens is 2. The Morgan fingerprint density at radius 3 is 2.59 bits per heavy atom. The number of likely N-dealkylation sites (N-methyl/N-ethyl adjacent to an activating group) is 1. The van der Waals surface area contributed by atoms with E-state index in [2.05, 4.69) is 20.2 Å². The monoisotopic (exact) mass is 435 g/mol. The van der Waals surface area contributed by atoms with Crippen LogP contribution < -0.4 is 19.7 Å². The number of nitrogens with zero attached hydrogens (tertiary/aromatic N) is 4. The van der Waals surface area contributed by atoms with Crippen LogP contribution in [-0.4, -0.2) is 67.5 Å². The van der Waals surface area contributed by atoms with Gasteiger partial charge in [-0.15, -0.1) is 0 Å². The molecule has 0 saturated carbocycles. The lowest BCUT2D eigenvalue weighted by molar-refractivity contribution is -0.0599. The number of ether oxygens (including phenoxy) is 3. The van der Waals surface area contributed by atoms with E-state index < -0.39 is 5.60 Å². The normalized spacial score (nSPS) is 17.4. The average Bonchev–Trinajstić information content (AvgIpc) is 3.11. The summed E-state index contributed by atoms with van der Waals surface area (Å²) in [5.41, 5.74) is 2.72. The van der Waals surface area contributed by atoms with E-state index in [9.17, 15) is 4.79 Å². The standard InChI is InChI=1S/C23H25N5O4/c1-14-16(6-5-7-19(14)30-3)26-21-15-8-18(20(31-4)9-17(15)24-13-25-21)28-12-23(32-22(28)29)10-27(2)11-23/h5-9,13H,10-12H2,1-4H3,(H,24,25,26). The zero-order valence-corrected chi connectivity index (χ0v) is 18.5. The Hall–Kier alpha value is -3.59. The number of carbonyl (C=O) groups is 1. The molecule has 0 aliphatic carbocycles. The van der Waals surface area contributed by atoms with Crippen molar-refractivity contribution in [2.45, 2.75) is 12.5 Å². The van der Waals surface area contributed by atoms with E-state index in [0.717, 1.165) is 35.5 Å². The molecule has 1 N–H and O–H groups in total. The quantitative estimate of drug-likeness (QED) is 0.653. The molecule has 1 amide bonds. The third-order valence-corrected chi connectivity index (χ3v) is 6.07. The van der Waals surface area contributed by atoms with Crippen LogP contribution in [0.2, 0.25) is 0 Å². The van der Waals surface area contributed by atoms with E-state index in [4.69, 9.17) is 14.2 Å². The number of amides is 1. The van der Waals surface area contributed by atoms with E-state index in [1.807, 2.05) is 44.3 Å². The predicted octanol–water partition coefficient (Wildman–Crippen LogP) is 3.34. The topological polar surface area (TPSA) is 89.1 Å². The van der Waals surface area contributed by atoms with Gasteiger partial charge in [-0.3, -0.25) is 9.80 Å². The molecule has 2 saturated heterocycles. The van der Waals surface area contributed by atoms with Crippen LogP contribution in [0.3, 0.4) is 0 Å². The van der Waals surface area contributed by atoms with Crippen LogP contribution in [0.1, 0.15) is 5.56 Å². The number of likely N-dealkylation sites (tertiary alicyclic amines) is 1. The Bertz CT molecular complexity index is 1210. The molecule has 2 fully saturated rings. The minimum Gasteiger partial charge on any atom is -0.496 e. The first-order valence-electron chi connectivity index (χ1n) is 10.4. The van der Waals surface area contributed by atoms with Crippen LogP contribution in [0.4, 0.5) is 22.0 Å². The van der Waals surface area contributed by atoms with Gasteiger partial charge in [-0.25, -0.2) is 14.8 Å². The van der Waals surface area contributed by atoms with Crippen molar-refractivity contribution in [2.24, 2.45) is 0 Å². The summed E-state index contributed by atoms with van der Waals surface area (Å²) >= 11 is 0. The van der Waals surface area contributed by atoms with Crippen molar-refractivity contribution in [3.8, 4) is 11.5 Å². The van der Waals surface area contributed by atoms with Gasteiger partial charge in [-0.05, 0) is 32.2 Å². The van der Waals surface area contributed by atoms with Crippen LogP contribution in [0.5, 0.6) is 11.5 Å². The summed E-state index contributed by atoms with van der Waals surface area (Å²) in [6.07, 6.45) is 1.13. The number of nitrogens with one attached hydrogen (secondary N) is 1. The number of hydrogen-bond acceptors (Lipinski definition) is 8. The van der Waals surface area contributed by atoms with Crippen LogP contribution >= 0.6 is 0 Å². The SMILES string of the molecule is COc1cc2ncnc(Nc3cccc(OC)c3C)c2cc1N1CC2(CN(C)C2)OC1=O. The molecule has 0 bridgehead atoms. The average molecular weight is 435 g/mol. The van der Waals surface area contributed by atoms with Gasteiger partial charge in [0.2, 0.25) is 0 Å². The fourth-order valence-corrected chi connectivity index (χ4v) is 4.56. The van der Waals surface area contributed by atoms with E-state index in [1.165, 1.54) is 6.33 Å². The lowest BCUT2D eigenvalue weighted by Gasteiger charge is -2.43. The van der Waals surface area contributed by atoms with Crippen LogP contribution in [0.15, 0.2) is 36.7 Å². The molecule has 166 valence electrons. The Kier molecular flexibility index (Phi) is 4.78. The summed E-state index contributed by atoms with van der Waals surface area (Å²) in [5, 5.41) is 4.16. The maximum absolute atomic E-state index is 12.8. The van der Waals surface area contributed by atoms with Crippen LogP contribution in [0, 0.1) is 6.92 Å². The van der Waals surface area contributed by atoms with Crippen molar-refractivity contribution in [3.63, 3.8) is 0 Å². The maximum atomic E-state index is 12.8. The van der Waals surface area contributed by atoms with Crippen molar-refractivity contribution in [3.05, 3.63) is 42.2 Å². The number of methoxy groups -OCH3 is 2. The van der Waals surface area contributed by atoms with E-state index in [0.29, 0.717) is 29.3 Å². The Balaban J connectivity index is 1.56. The van der Waals surface area contributed by atoms with Gasteiger partial charge in [-0.1, -0.05) is 6.07 Å². The molecule has 5 rings (SSSR count). The minimum atomic E-state index is -0.461. The number of carbonyl (C=O) groups excluding carboxylic acids is 1. The van der Waals surface area contributed by atoms with Gasteiger partial charge in [0.15, 0.2) is 5.60 Å². The molecule has 3 heterocycles. The Morgan fingerprint density at radius 1 is 1.09 bits per heavy atom. The fraction of sp³-hybridized carbons (Fsp3) is 0.348. The maximum Gasteiger partial charge on any atom is 0.415 e. The summed E-state index contributed by atoms with van der Waals surface area (Å²) in [7, 11) is 5.24. The lowest BCUT2D eigenvalue weighted by atomic mass is 9.95. The summed E-state index contributed by atoms with van der Waals surface area (Å²) in [6.45, 7) is 3.89. The zero-order valence-electron chi connectivity index (χ0n) is 18.5. The second kappa shape index (κ2) is 7.52. The molecule has 3 aromatic rings. The van der Waals surface area contributed by atoms with Gasteiger partial charge in [0.05, 0.1) is 32.0 Å². The van der Waals surface area contributed by atoms with E-state index in [1.54, 1.807) is 19.1 Å². The first-order chi connectivity index (χ1) is 15.4. The molecule has 1 spiro atoms. The molecule has 9 heteroatoms. The van der Waals surface area contributed by atoms with Crippen molar-refractivity contribution in [2.75, 3.05) is 51.1 Å². The molecule has 0 radical (unpaired) electrons. The molecule has 0 atom stereocenters. The smallest absolute Gasteiger partial charge is 0.415 e. The lowest BCUT2D eigenvalue weighted by Crippen LogP contribution is -2.62. The number of benzene rings is 2. The summed E-state index contributed by atoms with van der Waals surface area (Å²) in [5.74, 6) is 1.97. The summed E-state index contributed by atoms with van der Waals surface area (Å²) in [4.78, 5) is 25.4. The summed E-state index contributed by atoms with van der Waals surface area (Å²) < 4.78 is 16.8. The first-order valence-corrected chi connectivity index (χ1v) is 10.4. The molecule has 32 heavy (non-hydrogen) atoms. The largest absolute Gasteiger partial charge is 0.496 e. The molecule has 2 aromatic carbocycles. The highest BCUT2D eigenvalue weighted by atomic mass is 16.6.